The Hall–Kier alpha value is -1.54. The second-order valence-corrected chi connectivity index (χ2v) is 7.30. The Labute approximate surface area is 149 Å². The largest absolute Gasteiger partial charge is 0.469 e. The third kappa shape index (κ3) is 5.24. The summed E-state index contributed by atoms with van der Waals surface area (Å²) in [4.78, 5) is 35.3. The molecule has 1 heterocycles. The number of amides is 1. The van der Waals surface area contributed by atoms with Crippen molar-refractivity contribution >= 4 is 45.9 Å². The molecule has 6 nitrogen and oxygen atoms in total. The quantitative estimate of drug-likeness (QED) is 0.531. The van der Waals surface area contributed by atoms with E-state index in [9.17, 15) is 14.4 Å². The number of ether oxygens (including phenoxy) is 2. The predicted molar refractivity (Wildman–Crippen MR) is 94.8 cm³/mol. The van der Waals surface area contributed by atoms with Gasteiger partial charge in [-0.3, -0.25) is 9.59 Å². The van der Waals surface area contributed by atoms with E-state index >= 15 is 0 Å². The van der Waals surface area contributed by atoms with Crippen LogP contribution in [0.25, 0.3) is 0 Å². The molecule has 8 heteroatoms. The van der Waals surface area contributed by atoms with Crippen LogP contribution in [0, 0.1) is 0 Å². The lowest BCUT2D eigenvalue weighted by molar-refractivity contribution is -0.140. The zero-order valence-electron chi connectivity index (χ0n) is 13.8. The van der Waals surface area contributed by atoms with E-state index in [0.29, 0.717) is 28.8 Å². The molecule has 1 aromatic heterocycles. The van der Waals surface area contributed by atoms with Crippen LogP contribution < -0.4 is 5.32 Å². The summed E-state index contributed by atoms with van der Waals surface area (Å²) in [7, 11) is 1.34. The number of anilines is 1. The maximum absolute atomic E-state index is 12.2. The molecule has 0 aliphatic heterocycles. The van der Waals surface area contributed by atoms with Crippen LogP contribution in [-0.4, -0.2) is 43.1 Å². The Morgan fingerprint density at radius 1 is 1.38 bits per heavy atom. The number of carbonyl (C=O) groups is 3. The second-order valence-electron chi connectivity index (χ2n) is 5.32. The van der Waals surface area contributed by atoms with E-state index in [1.54, 1.807) is 6.92 Å². The number of carbonyl (C=O) groups excluding carboxylic acids is 3. The topological polar surface area (TPSA) is 81.7 Å². The highest BCUT2D eigenvalue weighted by Crippen LogP contribution is 2.46. The third-order valence-corrected chi connectivity index (χ3v) is 5.35. The molecule has 0 aromatic carbocycles. The van der Waals surface area contributed by atoms with E-state index in [4.69, 9.17) is 4.74 Å². The van der Waals surface area contributed by atoms with Crippen LogP contribution in [0.3, 0.4) is 0 Å². The van der Waals surface area contributed by atoms with Gasteiger partial charge in [0.15, 0.2) is 0 Å². The summed E-state index contributed by atoms with van der Waals surface area (Å²) >= 11 is 2.71. The highest BCUT2D eigenvalue weighted by Gasteiger charge is 2.32. The van der Waals surface area contributed by atoms with Crippen molar-refractivity contribution in [1.82, 2.24) is 0 Å². The number of rotatable bonds is 9. The van der Waals surface area contributed by atoms with Crippen molar-refractivity contribution in [2.45, 2.75) is 32.1 Å². The van der Waals surface area contributed by atoms with E-state index < -0.39 is 0 Å². The fourth-order valence-electron chi connectivity index (χ4n) is 2.16. The summed E-state index contributed by atoms with van der Waals surface area (Å²) in [6.45, 7) is 2.06. The average Bonchev–Trinajstić information content (AvgIpc) is 3.32. The molecule has 2 rings (SSSR count). The number of methoxy groups -OCH3 is 1. The Morgan fingerprint density at radius 2 is 2.12 bits per heavy atom. The lowest BCUT2D eigenvalue weighted by Gasteiger charge is -2.08. The average molecular weight is 371 g/mol. The summed E-state index contributed by atoms with van der Waals surface area (Å²) in [6.07, 6.45) is 2.41. The summed E-state index contributed by atoms with van der Waals surface area (Å²) < 4.78 is 9.67. The number of nitrogens with one attached hydrogen (secondary N) is 1. The molecule has 1 aliphatic carbocycles. The monoisotopic (exact) mass is 371 g/mol. The van der Waals surface area contributed by atoms with Crippen LogP contribution in [0.15, 0.2) is 5.38 Å². The molecule has 1 N–H and O–H groups in total. The first-order chi connectivity index (χ1) is 11.6. The summed E-state index contributed by atoms with van der Waals surface area (Å²) in [5, 5.41) is 5.28. The predicted octanol–water partition coefficient (Wildman–Crippen LogP) is 3.04. The van der Waals surface area contributed by atoms with Crippen LogP contribution in [0.1, 0.15) is 48.0 Å². The molecule has 132 valence electrons. The smallest absolute Gasteiger partial charge is 0.341 e. The molecule has 0 radical (unpaired) electrons. The van der Waals surface area contributed by atoms with Crippen molar-refractivity contribution in [2.75, 3.05) is 30.5 Å². The van der Waals surface area contributed by atoms with Crippen molar-refractivity contribution in [3.63, 3.8) is 0 Å². The lowest BCUT2D eigenvalue weighted by Crippen LogP contribution is -2.17. The van der Waals surface area contributed by atoms with Gasteiger partial charge in [-0.2, -0.15) is 11.8 Å². The standard InChI is InChI=1S/C16H21NO5S2/c1-3-22-16(20)14-11(10-4-5-10)8-24-15(14)17-12(18)9-23-7-6-13(19)21-2/h8,10H,3-7,9H2,1-2H3,(H,17,18). The van der Waals surface area contributed by atoms with Gasteiger partial charge in [0.05, 0.1) is 31.5 Å². The second kappa shape index (κ2) is 9.08. The van der Waals surface area contributed by atoms with Gasteiger partial charge in [-0.25, -0.2) is 4.79 Å². The zero-order chi connectivity index (χ0) is 17.5. The van der Waals surface area contributed by atoms with Crippen molar-refractivity contribution in [1.29, 1.82) is 0 Å². The van der Waals surface area contributed by atoms with E-state index in [1.807, 2.05) is 5.38 Å². The van der Waals surface area contributed by atoms with Gasteiger partial charge in [-0.1, -0.05) is 0 Å². The minimum absolute atomic E-state index is 0.195. The van der Waals surface area contributed by atoms with Crippen LogP contribution >= 0.6 is 23.1 Å². The van der Waals surface area contributed by atoms with Crippen molar-refractivity contribution in [3.05, 3.63) is 16.5 Å². The first kappa shape index (κ1) is 18.8. The van der Waals surface area contributed by atoms with E-state index in [1.165, 1.54) is 30.2 Å². The van der Waals surface area contributed by atoms with Crippen LogP contribution in [-0.2, 0) is 19.1 Å². The van der Waals surface area contributed by atoms with Gasteiger partial charge in [0.2, 0.25) is 5.91 Å². The van der Waals surface area contributed by atoms with Gasteiger partial charge < -0.3 is 14.8 Å². The molecule has 1 fully saturated rings. The fraction of sp³-hybridized carbons (Fsp3) is 0.562. The maximum Gasteiger partial charge on any atom is 0.341 e. The van der Waals surface area contributed by atoms with E-state index in [0.717, 1.165) is 18.4 Å². The van der Waals surface area contributed by atoms with Crippen molar-refractivity contribution < 1.29 is 23.9 Å². The fourth-order valence-corrected chi connectivity index (χ4v) is 3.92. The molecule has 24 heavy (non-hydrogen) atoms. The van der Waals surface area contributed by atoms with Gasteiger partial charge in [-0.15, -0.1) is 11.3 Å². The third-order valence-electron chi connectivity index (χ3n) is 3.48. The summed E-state index contributed by atoms with van der Waals surface area (Å²) in [5.41, 5.74) is 1.48. The normalized spacial score (nSPS) is 13.4. The van der Waals surface area contributed by atoms with Gasteiger partial charge in [0.1, 0.15) is 5.00 Å². The minimum atomic E-state index is -0.380. The Bertz CT molecular complexity index is 610. The number of hydrogen-bond acceptors (Lipinski definition) is 7. The van der Waals surface area contributed by atoms with E-state index in [-0.39, 0.29) is 30.0 Å². The number of thiophene rings is 1. The molecule has 1 saturated carbocycles. The van der Waals surface area contributed by atoms with Gasteiger partial charge >= 0.3 is 11.9 Å². The summed E-state index contributed by atoms with van der Waals surface area (Å²) in [5.74, 6) is 0.271. The number of esters is 2. The lowest BCUT2D eigenvalue weighted by atomic mass is 10.1. The molecule has 0 unspecified atom stereocenters. The SMILES string of the molecule is CCOC(=O)c1c(C2CC2)csc1NC(=O)CSCCC(=O)OC. The molecule has 0 atom stereocenters. The highest BCUT2D eigenvalue weighted by molar-refractivity contribution is 7.99. The van der Waals surface area contributed by atoms with Gasteiger partial charge in [0.25, 0.3) is 0 Å². The molecular formula is C16H21NO5S2. The Morgan fingerprint density at radius 3 is 2.75 bits per heavy atom. The molecule has 0 saturated heterocycles. The highest BCUT2D eigenvalue weighted by atomic mass is 32.2. The maximum atomic E-state index is 12.2. The number of thioether (sulfide) groups is 1. The van der Waals surface area contributed by atoms with Gasteiger partial charge in [-0.05, 0) is 36.6 Å². The molecule has 1 aliphatic rings. The van der Waals surface area contributed by atoms with Crippen LogP contribution in [0.4, 0.5) is 5.00 Å². The molecule has 1 aromatic rings. The molecule has 1 amide bonds. The first-order valence-electron chi connectivity index (χ1n) is 7.79. The molecule has 0 spiro atoms. The van der Waals surface area contributed by atoms with Crippen molar-refractivity contribution in [2.24, 2.45) is 0 Å². The summed E-state index contributed by atoms with van der Waals surface area (Å²) in [6, 6.07) is 0. The number of hydrogen-bond donors (Lipinski definition) is 1. The van der Waals surface area contributed by atoms with Crippen molar-refractivity contribution in [3.8, 4) is 0 Å². The van der Waals surface area contributed by atoms with Crippen LogP contribution in [0.2, 0.25) is 0 Å². The first-order valence-corrected chi connectivity index (χ1v) is 9.83. The molecule has 0 bridgehead atoms. The zero-order valence-corrected chi connectivity index (χ0v) is 15.4. The molecular weight excluding hydrogens is 350 g/mol. The van der Waals surface area contributed by atoms with Crippen LogP contribution in [0.5, 0.6) is 0 Å². The van der Waals surface area contributed by atoms with Gasteiger partial charge in [0, 0.05) is 5.75 Å². The minimum Gasteiger partial charge on any atom is -0.469 e. The Balaban J connectivity index is 1.92. The Kier molecular flexibility index (Phi) is 7.11. The van der Waals surface area contributed by atoms with E-state index in [2.05, 4.69) is 10.1 Å².